The van der Waals surface area contributed by atoms with Crippen molar-refractivity contribution in [2.24, 2.45) is 0 Å². The van der Waals surface area contributed by atoms with Crippen molar-refractivity contribution in [3.05, 3.63) is 42.5 Å². The third kappa shape index (κ3) is 4.48. The molecule has 1 saturated heterocycles. The Morgan fingerprint density at radius 3 is 2.87 bits per heavy atom. The number of thioether (sulfide) groups is 1. The lowest BCUT2D eigenvalue weighted by molar-refractivity contribution is 0.251. The van der Waals surface area contributed by atoms with Crippen molar-refractivity contribution in [1.29, 1.82) is 0 Å². The molecule has 1 atom stereocenters. The summed E-state index contributed by atoms with van der Waals surface area (Å²) in [4.78, 5) is 15.9. The molecule has 0 spiro atoms. The maximum Gasteiger partial charge on any atom is 0.319 e. The molecule has 23 heavy (non-hydrogen) atoms. The van der Waals surface area contributed by atoms with Crippen LogP contribution in [0, 0.1) is 0 Å². The third-order valence-electron chi connectivity index (χ3n) is 3.95. The normalized spacial score (nSPS) is 20.4. The highest BCUT2D eigenvalue weighted by Gasteiger charge is 2.29. The first-order chi connectivity index (χ1) is 11.1. The number of benzene rings is 1. The van der Waals surface area contributed by atoms with Crippen LogP contribution >= 0.6 is 11.8 Å². The Morgan fingerprint density at radius 2 is 2.22 bits per heavy atom. The van der Waals surface area contributed by atoms with Gasteiger partial charge in [0, 0.05) is 17.0 Å². The van der Waals surface area contributed by atoms with Gasteiger partial charge in [-0.05, 0) is 43.2 Å². The average molecular weight is 331 g/mol. The molecule has 6 nitrogen and oxygen atoms in total. The lowest BCUT2D eigenvalue weighted by atomic mass is 10.1. The van der Waals surface area contributed by atoms with E-state index in [1.165, 1.54) is 18.5 Å². The van der Waals surface area contributed by atoms with Gasteiger partial charge in [-0.25, -0.2) is 14.5 Å². The van der Waals surface area contributed by atoms with Crippen molar-refractivity contribution in [3.63, 3.8) is 0 Å². The predicted octanol–water partition coefficient (Wildman–Crippen LogP) is 2.73. The molecule has 122 valence electrons. The summed E-state index contributed by atoms with van der Waals surface area (Å²) in [5, 5.41) is 9.92. The molecule has 0 bridgehead atoms. The number of carbonyl (C=O) groups is 1. The van der Waals surface area contributed by atoms with Gasteiger partial charge in [0.25, 0.3) is 0 Å². The van der Waals surface area contributed by atoms with Gasteiger partial charge in [-0.1, -0.05) is 12.1 Å². The zero-order chi connectivity index (χ0) is 16.1. The Kier molecular flexibility index (Phi) is 4.85. The molecule has 0 radical (unpaired) electrons. The van der Waals surface area contributed by atoms with E-state index >= 15 is 0 Å². The van der Waals surface area contributed by atoms with E-state index in [-0.39, 0.29) is 10.8 Å². The summed E-state index contributed by atoms with van der Waals surface area (Å²) in [6.07, 6.45) is 5.59. The Balaban J connectivity index is 1.48. The molecule has 2 aromatic rings. The standard InChI is InChI=1S/C16H21N5OS/c1-16(7-2-8-23-16)10-18-15(22)20-14-5-3-13(4-6-14)9-21-12-17-11-19-21/h3-6,11-12H,2,7-10H2,1H3,(H2,18,20,22)/t16-/m0/s1. The van der Waals surface area contributed by atoms with Gasteiger partial charge in [0.1, 0.15) is 12.7 Å². The number of nitrogens with one attached hydrogen (secondary N) is 2. The Labute approximate surface area is 140 Å². The fourth-order valence-corrected chi connectivity index (χ4v) is 3.86. The van der Waals surface area contributed by atoms with E-state index in [2.05, 4.69) is 27.6 Å². The zero-order valence-electron chi connectivity index (χ0n) is 13.2. The first-order valence-electron chi connectivity index (χ1n) is 7.73. The second kappa shape index (κ2) is 7.04. The molecular weight excluding hydrogens is 310 g/mol. The molecule has 1 aliphatic heterocycles. The minimum atomic E-state index is -0.150. The maximum atomic E-state index is 12.0. The largest absolute Gasteiger partial charge is 0.336 e. The van der Waals surface area contributed by atoms with E-state index < -0.39 is 0 Å². The number of anilines is 1. The summed E-state index contributed by atoms with van der Waals surface area (Å²) in [5.74, 6) is 1.19. The molecule has 2 amide bonds. The number of amides is 2. The van der Waals surface area contributed by atoms with Crippen molar-refractivity contribution in [2.45, 2.75) is 31.1 Å². The smallest absolute Gasteiger partial charge is 0.319 e. The molecule has 3 rings (SSSR count). The van der Waals surface area contributed by atoms with Crippen LogP contribution in [-0.4, -0.2) is 37.8 Å². The van der Waals surface area contributed by atoms with E-state index in [1.54, 1.807) is 11.0 Å². The highest BCUT2D eigenvalue weighted by molar-refractivity contribution is 8.00. The average Bonchev–Trinajstić information content (AvgIpc) is 3.20. The molecule has 2 heterocycles. The molecule has 2 N–H and O–H groups in total. The van der Waals surface area contributed by atoms with Gasteiger partial charge in [0.15, 0.2) is 0 Å². The second-order valence-electron chi connectivity index (χ2n) is 6.00. The Hall–Kier alpha value is -2.02. The summed E-state index contributed by atoms with van der Waals surface area (Å²) in [5.41, 5.74) is 1.89. The second-order valence-corrected chi connectivity index (χ2v) is 7.68. The molecule has 1 fully saturated rings. The third-order valence-corrected chi connectivity index (χ3v) is 5.48. The van der Waals surface area contributed by atoms with Crippen molar-refractivity contribution in [3.8, 4) is 0 Å². The van der Waals surface area contributed by atoms with E-state index in [0.717, 1.165) is 17.7 Å². The van der Waals surface area contributed by atoms with Crippen LogP contribution in [0.5, 0.6) is 0 Å². The summed E-state index contributed by atoms with van der Waals surface area (Å²) in [7, 11) is 0. The van der Waals surface area contributed by atoms with E-state index in [4.69, 9.17) is 0 Å². The molecule has 0 aliphatic carbocycles. The fraction of sp³-hybridized carbons (Fsp3) is 0.438. The van der Waals surface area contributed by atoms with Crippen LogP contribution in [0.2, 0.25) is 0 Å². The molecule has 1 aromatic carbocycles. The number of aromatic nitrogens is 3. The molecular formula is C16H21N5OS. The first kappa shape index (κ1) is 15.9. The quantitative estimate of drug-likeness (QED) is 0.884. The minimum Gasteiger partial charge on any atom is -0.336 e. The highest BCUT2D eigenvalue weighted by Crippen LogP contribution is 2.36. The van der Waals surface area contributed by atoms with Crippen LogP contribution in [0.25, 0.3) is 0 Å². The van der Waals surface area contributed by atoms with E-state index in [9.17, 15) is 4.79 Å². The summed E-state index contributed by atoms with van der Waals surface area (Å²) >= 11 is 1.94. The van der Waals surface area contributed by atoms with Crippen LogP contribution in [0.15, 0.2) is 36.9 Å². The lowest BCUT2D eigenvalue weighted by Crippen LogP contribution is -2.39. The van der Waals surface area contributed by atoms with Gasteiger partial charge in [0.2, 0.25) is 0 Å². The van der Waals surface area contributed by atoms with Crippen LogP contribution in [-0.2, 0) is 6.54 Å². The first-order valence-corrected chi connectivity index (χ1v) is 8.72. The number of urea groups is 1. The Bertz CT molecular complexity index is 635. The number of nitrogens with zero attached hydrogens (tertiary/aromatic N) is 3. The van der Waals surface area contributed by atoms with Crippen LogP contribution in [0.3, 0.4) is 0 Å². The monoisotopic (exact) mass is 331 g/mol. The Morgan fingerprint density at radius 1 is 1.39 bits per heavy atom. The van der Waals surface area contributed by atoms with Crippen molar-refractivity contribution >= 4 is 23.5 Å². The molecule has 1 aliphatic rings. The maximum absolute atomic E-state index is 12.0. The van der Waals surface area contributed by atoms with Gasteiger partial charge in [-0.15, -0.1) is 0 Å². The molecule has 7 heteroatoms. The van der Waals surface area contributed by atoms with Gasteiger partial charge in [-0.3, -0.25) is 0 Å². The number of hydrogen-bond donors (Lipinski definition) is 2. The summed E-state index contributed by atoms with van der Waals surface area (Å²) in [6.45, 7) is 3.58. The SMILES string of the molecule is C[C@@]1(CNC(=O)Nc2ccc(Cn3cncn3)cc2)CCCS1. The van der Waals surface area contributed by atoms with Crippen molar-refractivity contribution in [1.82, 2.24) is 20.1 Å². The van der Waals surface area contributed by atoms with Gasteiger partial charge in [0.05, 0.1) is 6.54 Å². The van der Waals surface area contributed by atoms with Crippen LogP contribution in [0.1, 0.15) is 25.3 Å². The molecule has 0 unspecified atom stereocenters. The van der Waals surface area contributed by atoms with E-state index in [0.29, 0.717) is 13.1 Å². The fourth-order valence-electron chi connectivity index (χ4n) is 2.61. The van der Waals surface area contributed by atoms with Gasteiger partial charge in [-0.2, -0.15) is 16.9 Å². The molecule has 1 aromatic heterocycles. The van der Waals surface area contributed by atoms with Gasteiger partial charge < -0.3 is 10.6 Å². The van der Waals surface area contributed by atoms with Gasteiger partial charge >= 0.3 is 6.03 Å². The van der Waals surface area contributed by atoms with Crippen molar-refractivity contribution < 1.29 is 4.79 Å². The van der Waals surface area contributed by atoms with Crippen molar-refractivity contribution in [2.75, 3.05) is 17.6 Å². The summed E-state index contributed by atoms with van der Waals surface area (Å²) < 4.78 is 1.94. The summed E-state index contributed by atoms with van der Waals surface area (Å²) in [6, 6.07) is 7.61. The predicted molar refractivity (Wildman–Crippen MR) is 92.7 cm³/mol. The van der Waals surface area contributed by atoms with Crippen LogP contribution in [0.4, 0.5) is 10.5 Å². The topological polar surface area (TPSA) is 71.8 Å². The highest BCUT2D eigenvalue weighted by atomic mass is 32.2. The zero-order valence-corrected chi connectivity index (χ0v) is 14.0. The lowest BCUT2D eigenvalue weighted by Gasteiger charge is -2.22. The minimum absolute atomic E-state index is 0.150. The van der Waals surface area contributed by atoms with E-state index in [1.807, 2.05) is 36.0 Å². The van der Waals surface area contributed by atoms with Crippen LogP contribution < -0.4 is 10.6 Å². The molecule has 0 saturated carbocycles. The number of carbonyl (C=O) groups excluding carboxylic acids is 1. The number of hydrogen-bond acceptors (Lipinski definition) is 4. The number of rotatable bonds is 5.